The number of amides is 1. The van der Waals surface area contributed by atoms with Crippen molar-refractivity contribution in [1.29, 1.82) is 0 Å². The zero-order chi connectivity index (χ0) is 22.6. The number of piperidine rings is 1. The van der Waals surface area contributed by atoms with E-state index in [1.165, 1.54) is 41.2 Å². The highest BCUT2D eigenvalue weighted by Gasteiger charge is 2.46. The number of nitrogens with one attached hydrogen (secondary N) is 1. The van der Waals surface area contributed by atoms with Crippen LogP contribution in [0.25, 0.3) is 0 Å². The maximum atomic E-state index is 14.8. The third kappa shape index (κ3) is 5.62. The molecule has 0 spiro atoms. The van der Waals surface area contributed by atoms with Crippen molar-refractivity contribution >= 4 is 23.5 Å². The predicted molar refractivity (Wildman–Crippen MR) is 117 cm³/mol. The van der Waals surface area contributed by atoms with Gasteiger partial charge in [-0.15, -0.1) is 0 Å². The third-order valence-corrected chi connectivity index (χ3v) is 6.12. The monoisotopic (exact) mass is 452 g/mol. The zero-order valence-corrected chi connectivity index (χ0v) is 18.2. The quantitative estimate of drug-likeness (QED) is 0.672. The SMILES string of the molecule is CSCCn1cc(C2CN(C(C)C(=O)Nc3ccc(O)cn3)CCC2(F)F)ccc1=O. The Morgan fingerprint density at radius 2 is 2.16 bits per heavy atom. The summed E-state index contributed by atoms with van der Waals surface area (Å²) in [5.74, 6) is -3.47. The van der Waals surface area contributed by atoms with Crippen LogP contribution in [-0.4, -0.2) is 62.5 Å². The second kappa shape index (κ2) is 9.78. The Labute approximate surface area is 183 Å². The molecule has 1 amide bonds. The minimum Gasteiger partial charge on any atom is -0.506 e. The average Bonchev–Trinajstić information content (AvgIpc) is 2.74. The summed E-state index contributed by atoms with van der Waals surface area (Å²) in [7, 11) is 0. The van der Waals surface area contributed by atoms with Crippen molar-refractivity contribution in [3.8, 4) is 5.75 Å². The van der Waals surface area contributed by atoms with E-state index < -0.39 is 17.9 Å². The van der Waals surface area contributed by atoms with Gasteiger partial charge in [0.25, 0.3) is 11.5 Å². The Hall–Kier alpha value is -2.46. The standard InChI is InChI=1S/C21H26F2N4O3S/c1-14(20(30)25-18-5-4-16(28)11-24-18)26-8-7-21(22,23)17(13-26)15-3-6-19(29)27(12-15)9-10-31-2/h3-6,11-12,14,17,28H,7-10,13H2,1-2H3,(H,24,25,30). The van der Waals surface area contributed by atoms with Crippen molar-refractivity contribution in [1.82, 2.24) is 14.5 Å². The fourth-order valence-corrected chi connectivity index (χ4v) is 3.98. The van der Waals surface area contributed by atoms with E-state index in [1.54, 1.807) is 23.6 Å². The molecule has 1 aliphatic rings. The van der Waals surface area contributed by atoms with E-state index in [0.717, 1.165) is 0 Å². The van der Waals surface area contributed by atoms with Gasteiger partial charge in [0.1, 0.15) is 11.6 Å². The van der Waals surface area contributed by atoms with Crippen molar-refractivity contribution in [3.05, 3.63) is 52.6 Å². The molecule has 3 rings (SSSR count). The molecule has 1 aliphatic heterocycles. The van der Waals surface area contributed by atoms with Crippen LogP contribution in [0, 0.1) is 0 Å². The largest absolute Gasteiger partial charge is 0.506 e. The van der Waals surface area contributed by atoms with Crippen LogP contribution < -0.4 is 10.9 Å². The average molecular weight is 453 g/mol. The number of aryl methyl sites for hydroxylation is 1. The third-order valence-electron chi connectivity index (χ3n) is 5.53. The number of nitrogens with zero attached hydrogens (tertiary/aromatic N) is 3. The van der Waals surface area contributed by atoms with Crippen molar-refractivity contribution in [3.63, 3.8) is 0 Å². The molecule has 0 saturated carbocycles. The Bertz CT molecular complexity index is 968. The van der Waals surface area contributed by atoms with Crippen LogP contribution in [0.5, 0.6) is 5.75 Å². The number of carbonyl (C=O) groups excluding carboxylic acids is 1. The molecular weight excluding hydrogens is 426 g/mol. The zero-order valence-electron chi connectivity index (χ0n) is 17.4. The van der Waals surface area contributed by atoms with E-state index in [1.807, 2.05) is 6.26 Å². The number of rotatable bonds is 7. The molecule has 0 bridgehead atoms. The number of aromatic nitrogens is 2. The summed E-state index contributed by atoms with van der Waals surface area (Å²) in [6.45, 7) is 2.18. The lowest BCUT2D eigenvalue weighted by molar-refractivity contribution is -0.125. The molecule has 7 nitrogen and oxygen atoms in total. The second-order valence-corrected chi connectivity index (χ2v) is 8.60. The maximum Gasteiger partial charge on any atom is 0.257 e. The highest BCUT2D eigenvalue weighted by Crippen LogP contribution is 2.40. The number of carbonyl (C=O) groups is 1. The van der Waals surface area contributed by atoms with Gasteiger partial charge >= 0.3 is 0 Å². The lowest BCUT2D eigenvalue weighted by Gasteiger charge is -2.40. The number of pyridine rings is 2. The summed E-state index contributed by atoms with van der Waals surface area (Å²) < 4.78 is 31.1. The number of hydrogen-bond donors (Lipinski definition) is 2. The minimum absolute atomic E-state index is 0.00861. The molecule has 1 saturated heterocycles. The van der Waals surface area contributed by atoms with Crippen LogP contribution in [0.3, 0.4) is 0 Å². The fourth-order valence-electron chi connectivity index (χ4n) is 3.60. The highest BCUT2D eigenvalue weighted by molar-refractivity contribution is 7.98. The summed E-state index contributed by atoms with van der Waals surface area (Å²) in [6.07, 6.45) is 4.27. The first kappa shape index (κ1) is 23.2. The molecule has 2 aromatic rings. The van der Waals surface area contributed by atoms with Gasteiger partial charge in [-0.2, -0.15) is 11.8 Å². The van der Waals surface area contributed by atoms with Gasteiger partial charge in [-0.3, -0.25) is 14.5 Å². The molecule has 2 atom stereocenters. The van der Waals surface area contributed by atoms with Crippen LogP contribution in [-0.2, 0) is 11.3 Å². The van der Waals surface area contributed by atoms with Crippen LogP contribution in [0.15, 0.2) is 41.5 Å². The number of alkyl halides is 2. The number of likely N-dealkylation sites (tertiary alicyclic amines) is 1. The van der Waals surface area contributed by atoms with Crippen LogP contribution in [0.1, 0.15) is 24.8 Å². The molecule has 2 unspecified atom stereocenters. The van der Waals surface area contributed by atoms with Crippen molar-refractivity contribution in [2.24, 2.45) is 0 Å². The Morgan fingerprint density at radius 1 is 1.39 bits per heavy atom. The van der Waals surface area contributed by atoms with Gasteiger partial charge in [-0.05, 0) is 30.9 Å². The first-order valence-corrected chi connectivity index (χ1v) is 11.4. The topological polar surface area (TPSA) is 87.5 Å². The summed E-state index contributed by atoms with van der Waals surface area (Å²) in [4.78, 5) is 30.3. The molecule has 1 fully saturated rings. The van der Waals surface area contributed by atoms with Crippen LogP contribution >= 0.6 is 11.8 Å². The van der Waals surface area contributed by atoms with Crippen molar-refractivity contribution in [2.75, 3.05) is 30.4 Å². The molecule has 31 heavy (non-hydrogen) atoms. The molecule has 0 radical (unpaired) electrons. The normalized spacial score (nSPS) is 19.7. The summed E-state index contributed by atoms with van der Waals surface area (Å²) >= 11 is 1.58. The molecule has 168 valence electrons. The number of thioether (sulfide) groups is 1. The highest BCUT2D eigenvalue weighted by atomic mass is 32.2. The minimum atomic E-state index is -2.94. The van der Waals surface area contributed by atoms with Gasteiger partial charge < -0.3 is 15.0 Å². The first-order chi connectivity index (χ1) is 14.7. The van der Waals surface area contributed by atoms with E-state index in [9.17, 15) is 23.5 Å². The number of halogens is 2. The summed E-state index contributed by atoms with van der Waals surface area (Å²) in [5.41, 5.74) is 0.172. The van der Waals surface area contributed by atoms with Gasteiger partial charge in [-0.1, -0.05) is 6.07 Å². The smallest absolute Gasteiger partial charge is 0.257 e. The van der Waals surface area contributed by atoms with Gasteiger partial charge in [0.15, 0.2) is 0 Å². The van der Waals surface area contributed by atoms with Crippen molar-refractivity contribution in [2.45, 2.75) is 37.8 Å². The van der Waals surface area contributed by atoms with Gasteiger partial charge in [-0.25, -0.2) is 13.8 Å². The number of anilines is 1. The lowest BCUT2D eigenvalue weighted by Crippen LogP contribution is -2.52. The molecule has 0 aromatic carbocycles. The molecule has 3 heterocycles. The lowest BCUT2D eigenvalue weighted by atomic mass is 9.87. The number of aromatic hydroxyl groups is 1. The van der Waals surface area contributed by atoms with Gasteiger partial charge in [0.2, 0.25) is 5.91 Å². The van der Waals surface area contributed by atoms with E-state index in [0.29, 0.717) is 17.9 Å². The Balaban J connectivity index is 1.75. The van der Waals surface area contributed by atoms with Crippen LogP contribution in [0.4, 0.5) is 14.6 Å². The fraction of sp³-hybridized carbons (Fsp3) is 0.476. The Morgan fingerprint density at radius 3 is 2.84 bits per heavy atom. The van der Waals surface area contributed by atoms with E-state index >= 15 is 0 Å². The summed E-state index contributed by atoms with van der Waals surface area (Å²) in [5, 5.41) is 11.9. The van der Waals surface area contributed by atoms with Crippen molar-refractivity contribution < 1.29 is 18.7 Å². The van der Waals surface area contributed by atoms with E-state index in [2.05, 4.69) is 10.3 Å². The first-order valence-electron chi connectivity index (χ1n) is 9.98. The molecule has 0 aliphatic carbocycles. The predicted octanol–water partition coefficient (Wildman–Crippen LogP) is 2.76. The molecular formula is C21H26F2N4O3S. The number of hydrogen-bond acceptors (Lipinski definition) is 6. The molecule has 10 heteroatoms. The Kier molecular flexibility index (Phi) is 7.32. The maximum absolute atomic E-state index is 14.8. The van der Waals surface area contributed by atoms with E-state index in [-0.39, 0.29) is 42.5 Å². The molecule has 2 aromatic heterocycles. The summed E-state index contributed by atoms with van der Waals surface area (Å²) in [6, 6.07) is 5.00. The second-order valence-electron chi connectivity index (χ2n) is 7.61. The van der Waals surface area contributed by atoms with Crippen LogP contribution in [0.2, 0.25) is 0 Å². The van der Waals surface area contributed by atoms with Gasteiger partial charge in [0, 0.05) is 44.1 Å². The van der Waals surface area contributed by atoms with Gasteiger partial charge in [0.05, 0.1) is 18.2 Å². The van der Waals surface area contributed by atoms with E-state index in [4.69, 9.17) is 0 Å². The molecule has 2 N–H and O–H groups in total.